The molecule has 0 radical (unpaired) electrons. The molecular weight excluding hydrogens is 320 g/mol. The van der Waals surface area contributed by atoms with Gasteiger partial charge in [-0.2, -0.15) is 0 Å². The quantitative estimate of drug-likeness (QED) is 0.535. The molecule has 4 aromatic heterocycles. The second kappa shape index (κ2) is 5.98. The fourth-order valence-electron chi connectivity index (χ4n) is 2.65. The van der Waals surface area contributed by atoms with Crippen molar-refractivity contribution < 1.29 is 4.79 Å². The van der Waals surface area contributed by atoms with Gasteiger partial charge in [0, 0.05) is 53.2 Å². The van der Waals surface area contributed by atoms with Crippen molar-refractivity contribution in [1.82, 2.24) is 19.4 Å². The summed E-state index contributed by atoms with van der Waals surface area (Å²) >= 11 is 1.51. The molecule has 0 saturated heterocycles. The Morgan fingerprint density at radius 1 is 1.29 bits per heavy atom. The van der Waals surface area contributed by atoms with E-state index in [0.717, 1.165) is 21.8 Å². The van der Waals surface area contributed by atoms with Crippen molar-refractivity contribution in [3.8, 4) is 11.1 Å². The predicted molar refractivity (Wildman–Crippen MR) is 93.3 cm³/mol. The molecule has 0 amide bonds. The van der Waals surface area contributed by atoms with E-state index in [1.54, 1.807) is 18.6 Å². The molecule has 118 valence electrons. The van der Waals surface area contributed by atoms with E-state index in [1.165, 1.54) is 11.3 Å². The number of carbonyl (C=O) groups excluding carboxylic acids is 1. The number of fused-ring (bicyclic) bond motifs is 1. The SMILES string of the molecule is Cc1csc(CC(=O)c2cc(-c3cccnc3)cn3ccnc23)n1. The molecule has 6 heteroatoms. The smallest absolute Gasteiger partial charge is 0.173 e. The minimum absolute atomic E-state index is 0.0197. The molecule has 0 aliphatic rings. The average molecular weight is 334 g/mol. The van der Waals surface area contributed by atoms with E-state index in [0.29, 0.717) is 11.2 Å². The van der Waals surface area contributed by atoms with Crippen LogP contribution in [-0.4, -0.2) is 25.1 Å². The highest BCUT2D eigenvalue weighted by atomic mass is 32.1. The molecule has 0 N–H and O–H groups in total. The number of hydrogen-bond donors (Lipinski definition) is 0. The topological polar surface area (TPSA) is 60.2 Å². The van der Waals surface area contributed by atoms with Crippen LogP contribution in [0.4, 0.5) is 0 Å². The number of aromatic nitrogens is 4. The Kier molecular flexibility index (Phi) is 3.66. The lowest BCUT2D eigenvalue weighted by molar-refractivity contribution is 0.0994. The molecule has 0 unspecified atom stereocenters. The first kappa shape index (κ1) is 14.7. The van der Waals surface area contributed by atoms with Gasteiger partial charge in [-0.05, 0) is 19.1 Å². The number of carbonyl (C=O) groups is 1. The van der Waals surface area contributed by atoms with Gasteiger partial charge in [0.15, 0.2) is 5.78 Å². The van der Waals surface area contributed by atoms with E-state index >= 15 is 0 Å². The standard InChI is InChI=1S/C18H14N4OS/c1-12-11-24-17(21-12)8-16(23)15-7-14(13-3-2-4-19-9-13)10-22-6-5-20-18(15)22/h2-7,9-11H,8H2,1H3. The summed E-state index contributed by atoms with van der Waals surface area (Å²) in [6.07, 6.45) is 9.32. The average Bonchev–Trinajstić information content (AvgIpc) is 3.23. The molecule has 5 nitrogen and oxygen atoms in total. The zero-order valence-electron chi connectivity index (χ0n) is 13.0. The molecule has 0 fully saturated rings. The van der Waals surface area contributed by atoms with Crippen LogP contribution in [0.25, 0.3) is 16.8 Å². The fourth-order valence-corrected chi connectivity index (χ4v) is 3.42. The van der Waals surface area contributed by atoms with Crippen molar-refractivity contribution in [3.05, 3.63) is 70.8 Å². The largest absolute Gasteiger partial charge is 0.306 e. The maximum absolute atomic E-state index is 12.8. The number of rotatable bonds is 4. The zero-order valence-corrected chi connectivity index (χ0v) is 13.8. The Hall–Kier alpha value is -2.86. The molecule has 4 heterocycles. The van der Waals surface area contributed by atoms with Crippen molar-refractivity contribution in [2.45, 2.75) is 13.3 Å². The van der Waals surface area contributed by atoms with Crippen LogP contribution < -0.4 is 0 Å². The van der Waals surface area contributed by atoms with E-state index in [1.807, 2.05) is 47.3 Å². The van der Waals surface area contributed by atoms with Gasteiger partial charge in [-0.1, -0.05) is 6.07 Å². The van der Waals surface area contributed by atoms with Crippen LogP contribution >= 0.6 is 11.3 Å². The van der Waals surface area contributed by atoms with Gasteiger partial charge in [-0.3, -0.25) is 9.78 Å². The third-order valence-corrected chi connectivity index (χ3v) is 4.73. The highest BCUT2D eigenvalue weighted by Gasteiger charge is 2.16. The van der Waals surface area contributed by atoms with Crippen LogP contribution in [0.2, 0.25) is 0 Å². The number of imidazole rings is 1. The van der Waals surface area contributed by atoms with Gasteiger partial charge in [0.2, 0.25) is 0 Å². The van der Waals surface area contributed by atoms with Gasteiger partial charge >= 0.3 is 0 Å². The van der Waals surface area contributed by atoms with Crippen LogP contribution in [-0.2, 0) is 6.42 Å². The Labute approximate surface area is 142 Å². The number of nitrogens with zero attached hydrogens (tertiary/aromatic N) is 4. The van der Waals surface area contributed by atoms with E-state index in [4.69, 9.17) is 0 Å². The minimum atomic E-state index is 0.0197. The lowest BCUT2D eigenvalue weighted by atomic mass is 10.0. The first-order valence-electron chi connectivity index (χ1n) is 7.52. The van der Waals surface area contributed by atoms with Crippen LogP contribution in [0.5, 0.6) is 0 Å². The number of pyridine rings is 2. The predicted octanol–water partition coefficient (Wildman–Crippen LogP) is 3.59. The molecule has 0 bridgehead atoms. The van der Waals surface area contributed by atoms with Gasteiger partial charge in [0.1, 0.15) is 10.7 Å². The maximum atomic E-state index is 12.8. The number of Topliss-reactive ketones (excluding diaryl/α,β-unsaturated/α-hetero) is 1. The van der Waals surface area contributed by atoms with Gasteiger partial charge in [0.05, 0.1) is 12.0 Å². The summed E-state index contributed by atoms with van der Waals surface area (Å²) in [6, 6.07) is 5.75. The molecule has 0 aromatic carbocycles. The van der Waals surface area contributed by atoms with Crippen molar-refractivity contribution in [1.29, 1.82) is 0 Å². The molecule has 0 aliphatic carbocycles. The second-order valence-corrected chi connectivity index (χ2v) is 6.47. The third kappa shape index (κ3) is 2.72. The monoisotopic (exact) mass is 334 g/mol. The Bertz CT molecular complexity index is 1020. The van der Waals surface area contributed by atoms with E-state index < -0.39 is 0 Å². The number of ketones is 1. The van der Waals surface area contributed by atoms with Crippen LogP contribution in [0, 0.1) is 6.92 Å². The lowest BCUT2D eigenvalue weighted by Gasteiger charge is -2.07. The number of aryl methyl sites for hydroxylation is 1. The lowest BCUT2D eigenvalue weighted by Crippen LogP contribution is -2.07. The van der Waals surface area contributed by atoms with E-state index in [9.17, 15) is 4.79 Å². The molecule has 24 heavy (non-hydrogen) atoms. The van der Waals surface area contributed by atoms with Gasteiger partial charge < -0.3 is 4.40 Å². The first-order valence-corrected chi connectivity index (χ1v) is 8.40. The highest BCUT2D eigenvalue weighted by molar-refractivity contribution is 7.09. The highest BCUT2D eigenvalue weighted by Crippen LogP contribution is 2.23. The Morgan fingerprint density at radius 2 is 2.21 bits per heavy atom. The molecule has 4 aromatic rings. The van der Waals surface area contributed by atoms with Gasteiger partial charge in [-0.15, -0.1) is 11.3 Å². The van der Waals surface area contributed by atoms with Crippen LogP contribution in [0.3, 0.4) is 0 Å². The van der Waals surface area contributed by atoms with Crippen LogP contribution in [0.1, 0.15) is 21.1 Å². The van der Waals surface area contributed by atoms with Crippen molar-refractivity contribution >= 4 is 22.8 Å². The fraction of sp³-hybridized carbons (Fsp3) is 0.111. The van der Waals surface area contributed by atoms with E-state index in [-0.39, 0.29) is 12.2 Å². The van der Waals surface area contributed by atoms with Crippen molar-refractivity contribution in [2.75, 3.05) is 0 Å². The van der Waals surface area contributed by atoms with Crippen molar-refractivity contribution in [2.24, 2.45) is 0 Å². The molecule has 0 saturated carbocycles. The molecule has 0 aliphatic heterocycles. The van der Waals surface area contributed by atoms with Gasteiger partial charge in [-0.25, -0.2) is 9.97 Å². The maximum Gasteiger partial charge on any atom is 0.173 e. The summed E-state index contributed by atoms with van der Waals surface area (Å²) < 4.78 is 1.88. The Morgan fingerprint density at radius 3 is 2.96 bits per heavy atom. The summed E-state index contributed by atoms with van der Waals surface area (Å²) in [5, 5.41) is 2.79. The first-order chi connectivity index (χ1) is 11.7. The molecule has 4 rings (SSSR count). The van der Waals surface area contributed by atoms with E-state index in [2.05, 4.69) is 15.0 Å². The minimum Gasteiger partial charge on any atom is -0.306 e. The molecule has 0 atom stereocenters. The summed E-state index contributed by atoms with van der Waals surface area (Å²) in [7, 11) is 0. The summed E-state index contributed by atoms with van der Waals surface area (Å²) in [5.41, 5.74) is 4.12. The summed E-state index contributed by atoms with van der Waals surface area (Å²) in [6.45, 7) is 1.93. The molecular formula is C18H14N4OS. The Balaban J connectivity index is 1.78. The summed E-state index contributed by atoms with van der Waals surface area (Å²) in [4.78, 5) is 25.7. The van der Waals surface area contributed by atoms with Gasteiger partial charge in [0.25, 0.3) is 0 Å². The summed E-state index contributed by atoms with van der Waals surface area (Å²) in [5.74, 6) is 0.0197. The zero-order chi connectivity index (χ0) is 16.5. The van der Waals surface area contributed by atoms with Crippen LogP contribution in [0.15, 0.2) is 54.6 Å². The van der Waals surface area contributed by atoms with Crippen molar-refractivity contribution in [3.63, 3.8) is 0 Å². The third-order valence-electron chi connectivity index (χ3n) is 3.76. The number of hydrogen-bond acceptors (Lipinski definition) is 5. The second-order valence-electron chi connectivity index (χ2n) is 5.52. The normalized spacial score (nSPS) is 11.0. The number of thiazole rings is 1. The molecule has 0 spiro atoms.